The van der Waals surface area contributed by atoms with E-state index >= 15 is 0 Å². The first-order chi connectivity index (χ1) is 6.72. The van der Waals surface area contributed by atoms with E-state index < -0.39 is 0 Å². The molecule has 0 aliphatic rings. The van der Waals surface area contributed by atoms with Gasteiger partial charge in [0.1, 0.15) is 0 Å². The Labute approximate surface area is 90.3 Å². The van der Waals surface area contributed by atoms with E-state index in [2.05, 4.69) is 5.32 Å². The molecule has 0 bridgehead atoms. The fourth-order valence-electron chi connectivity index (χ4n) is 0.876. The number of carbonyl (C=O) groups excluding carboxylic acids is 1. The summed E-state index contributed by atoms with van der Waals surface area (Å²) in [6.45, 7) is 4.00. The monoisotopic (exact) mass is 213 g/mol. The molecular weight excluding hydrogens is 198 g/mol. The SMILES string of the molecule is CC.CNC(=O)Cc1ccc(Cl)cc1. The molecular formula is C11H16ClNO. The van der Waals surface area contributed by atoms with E-state index in [0.29, 0.717) is 11.4 Å². The molecule has 0 heterocycles. The molecule has 14 heavy (non-hydrogen) atoms. The third kappa shape index (κ3) is 4.87. The maximum absolute atomic E-state index is 10.9. The number of halogens is 1. The fraction of sp³-hybridized carbons (Fsp3) is 0.364. The molecule has 0 fully saturated rings. The number of carbonyl (C=O) groups is 1. The lowest BCUT2D eigenvalue weighted by Crippen LogP contribution is -2.19. The maximum atomic E-state index is 10.9. The molecule has 0 aromatic heterocycles. The summed E-state index contributed by atoms with van der Waals surface area (Å²) in [4.78, 5) is 10.9. The van der Waals surface area contributed by atoms with Crippen LogP contribution in [0.3, 0.4) is 0 Å². The summed E-state index contributed by atoms with van der Waals surface area (Å²) in [5, 5.41) is 3.25. The summed E-state index contributed by atoms with van der Waals surface area (Å²) < 4.78 is 0. The van der Waals surface area contributed by atoms with E-state index in [4.69, 9.17) is 11.6 Å². The number of nitrogens with one attached hydrogen (secondary N) is 1. The Hall–Kier alpha value is -1.02. The Morgan fingerprint density at radius 1 is 1.29 bits per heavy atom. The normalized spacial score (nSPS) is 8.57. The van der Waals surface area contributed by atoms with Crippen LogP contribution in [-0.4, -0.2) is 13.0 Å². The molecule has 1 aromatic rings. The Kier molecular flexibility index (Phi) is 6.85. The van der Waals surface area contributed by atoms with Crippen LogP contribution in [0.5, 0.6) is 0 Å². The van der Waals surface area contributed by atoms with Gasteiger partial charge < -0.3 is 5.32 Å². The van der Waals surface area contributed by atoms with Crippen LogP contribution in [0.4, 0.5) is 0 Å². The Bertz CT molecular complexity index is 269. The van der Waals surface area contributed by atoms with Gasteiger partial charge in [0, 0.05) is 12.1 Å². The van der Waals surface area contributed by atoms with Gasteiger partial charge in [0.25, 0.3) is 0 Å². The average molecular weight is 214 g/mol. The van der Waals surface area contributed by atoms with Gasteiger partial charge in [0.2, 0.25) is 5.91 Å². The Morgan fingerprint density at radius 3 is 2.21 bits per heavy atom. The van der Waals surface area contributed by atoms with E-state index in [1.165, 1.54) is 0 Å². The lowest BCUT2D eigenvalue weighted by Gasteiger charge is -1.99. The highest BCUT2D eigenvalue weighted by Gasteiger charge is 1.99. The minimum absolute atomic E-state index is 0.0114. The van der Waals surface area contributed by atoms with Gasteiger partial charge in [-0.25, -0.2) is 0 Å². The van der Waals surface area contributed by atoms with Gasteiger partial charge in [-0.15, -0.1) is 0 Å². The number of hydrogen-bond acceptors (Lipinski definition) is 1. The van der Waals surface area contributed by atoms with Crippen LogP contribution in [0.1, 0.15) is 19.4 Å². The van der Waals surface area contributed by atoms with Crippen molar-refractivity contribution in [3.8, 4) is 0 Å². The molecule has 0 aliphatic carbocycles. The zero-order valence-corrected chi connectivity index (χ0v) is 9.56. The zero-order chi connectivity index (χ0) is 11.0. The van der Waals surface area contributed by atoms with Crippen molar-refractivity contribution < 1.29 is 4.79 Å². The van der Waals surface area contributed by atoms with E-state index in [1.54, 1.807) is 19.2 Å². The number of amides is 1. The van der Waals surface area contributed by atoms with Crippen LogP contribution in [0.2, 0.25) is 5.02 Å². The van der Waals surface area contributed by atoms with Gasteiger partial charge in [-0.05, 0) is 17.7 Å². The Morgan fingerprint density at radius 2 is 1.79 bits per heavy atom. The number of likely N-dealkylation sites (N-methyl/N-ethyl adjacent to an activating group) is 1. The second-order valence-corrected chi connectivity index (χ2v) is 2.91. The molecule has 78 valence electrons. The maximum Gasteiger partial charge on any atom is 0.224 e. The van der Waals surface area contributed by atoms with Crippen LogP contribution >= 0.6 is 11.6 Å². The van der Waals surface area contributed by atoms with Crippen molar-refractivity contribution in [2.24, 2.45) is 0 Å². The number of benzene rings is 1. The van der Waals surface area contributed by atoms with Gasteiger partial charge in [0.15, 0.2) is 0 Å². The molecule has 2 nitrogen and oxygen atoms in total. The van der Waals surface area contributed by atoms with Gasteiger partial charge in [-0.1, -0.05) is 37.6 Å². The van der Waals surface area contributed by atoms with E-state index in [1.807, 2.05) is 26.0 Å². The van der Waals surface area contributed by atoms with Crippen molar-refractivity contribution in [3.63, 3.8) is 0 Å². The topological polar surface area (TPSA) is 29.1 Å². The van der Waals surface area contributed by atoms with Crippen molar-refractivity contribution in [3.05, 3.63) is 34.9 Å². The summed E-state index contributed by atoms with van der Waals surface area (Å²) in [7, 11) is 1.62. The van der Waals surface area contributed by atoms with Crippen LogP contribution in [0.15, 0.2) is 24.3 Å². The number of hydrogen-bond donors (Lipinski definition) is 1. The van der Waals surface area contributed by atoms with Crippen LogP contribution < -0.4 is 5.32 Å². The predicted octanol–water partition coefficient (Wildman–Crippen LogP) is 2.65. The number of rotatable bonds is 2. The lowest BCUT2D eigenvalue weighted by atomic mass is 10.1. The summed E-state index contributed by atoms with van der Waals surface area (Å²) >= 11 is 5.68. The molecule has 0 atom stereocenters. The predicted molar refractivity (Wildman–Crippen MR) is 60.6 cm³/mol. The largest absolute Gasteiger partial charge is 0.359 e. The molecule has 0 unspecified atom stereocenters. The van der Waals surface area contributed by atoms with E-state index in [-0.39, 0.29) is 5.91 Å². The first kappa shape index (κ1) is 13.0. The molecule has 0 spiro atoms. The van der Waals surface area contributed by atoms with E-state index in [9.17, 15) is 4.79 Å². The molecule has 0 aliphatic heterocycles. The quantitative estimate of drug-likeness (QED) is 0.804. The highest BCUT2D eigenvalue weighted by atomic mass is 35.5. The molecule has 0 radical (unpaired) electrons. The molecule has 3 heteroatoms. The second kappa shape index (κ2) is 7.39. The van der Waals surface area contributed by atoms with Crippen LogP contribution in [-0.2, 0) is 11.2 Å². The first-order valence-corrected chi connectivity index (χ1v) is 5.05. The summed E-state index contributed by atoms with van der Waals surface area (Å²) in [6.07, 6.45) is 0.410. The summed E-state index contributed by atoms with van der Waals surface area (Å²) in [5.41, 5.74) is 0.971. The summed E-state index contributed by atoms with van der Waals surface area (Å²) in [6, 6.07) is 7.24. The molecule has 1 N–H and O–H groups in total. The smallest absolute Gasteiger partial charge is 0.224 e. The molecule has 0 saturated carbocycles. The average Bonchev–Trinajstić information content (AvgIpc) is 2.24. The fourth-order valence-corrected chi connectivity index (χ4v) is 1.00. The zero-order valence-electron chi connectivity index (χ0n) is 8.80. The van der Waals surface area contributed by atoms with Crippen molar-refractivity contribution in [2.75, 3.05) is 7.05 Å². The van der Waals surface area contributed by atoms with Crippen molar-refractivity contribution in [1.29, 1.82) is 0 Å². The Balaban J connectivity index is 0.000000791. The summed E-state index contributed by atoms with van der Waals surface area (Å²) in [5.74, 6) is 0.0114. The van der Waals surface area contributed by atoms with Crippen LogP contribution in [0, 0.1) is 0 Å². The van der Waals surface area contributed by atoms with E-state index in [0.717, 1.165) is 5.56 Å². The van der Waals surface area contributed by atoms with Crippen molar-refractivity contribution in [2.45, 2.75) is 20.3 Å². The molecule has 1 amide bonds. The van der Waals surface area contributed by atoms with Gasteiger partial charge >= 0.3 is 0 Å². The highest BCUT2D eigenvalue weighted by Crippen LogP contribution is 2.09. The third-order valence-electron chi connectivity index (χ3n) is 1.56. The van der Waals surface area contributed by atoms with Crippen LogP contribution in [0.25, 0.3) is 0 Å². The highest BCUT2D eigenvalue weighted by molar-refractivity contribution is 6.30. The molecule has 1 aromatic carbocycles. The minimum Gasteiger partial charge on any atom is -0.359 e. The lowest BCUT2D eigenvalue weighted by molar-refractivity contribution is -0.119. The van der Waals surface area contributed by atoms with Gasteiger partial charge in [0.05, 0.1) is 6.42 Å². The first-order valence-electron chi connectivity index (χ1n) is 4.67. The second-order valence-electron chi connectivity index (χ2n) is 2.48. The molecule has 1 rings (SSSR count). The van der Waals surface area contributed by atoms with Crippen molar-refractivity contribution in [1.82, 2.24) is 5.32 Å². The van der Waals surface area contributed by atoms with Gasteiger partial charge in [-0.3, -0.25) is 4.79 Å². The standard InChI is InChI=1S/C9H10ClNO.C2H6/c1-11-9(12)6-7-2-4-8(10)5-3-7;1-2/h2-5H,6H2,1H3,(H,11,12);1-2H3. The third-order valence-corrected chi connectivity index (χ3v) is 1.81. The van der Waals surface area contributed by atoms with Gasteiger partial charge in [-0.2, -0.15) is 0 Å². The minimum atomic E-state index is 0.0114. The van der Waals surface area contributed by atoms with Crippen molar-refractivity contribution >= 4 is 17.5 Å². The molecule has 0 saturated heterocycles.